The van der Waals surface area contributed by atoms with Crippen LogP contribution in [0.15, 0.2) is 4.99 Å². The van der Waals surface area contributed by atoms with Gasteiger partial charge in [0.25, 0.3) is 0 Å². The highest BCUT2D eigenvalue weighted by Gasteiger charge is 2.16. The van der Waals surface area contributed by atoms with E-state index in [2.05, 4.69) is 15.6 Å². The third kappa shape index (κ3) is 3.12. The maximum absolute atomic E-state index is 11.8. The molecule has 0 aromatic heterocycles. The zero-order valence-corrected chi connectivity index (χ0v) is 9.67. The minimum atomic E-state index is 0.190. The maximum atomic E-state index is 11.8. The number of hydrogen-bond acceptors (Lipinski definition) is 4. The summed E-state index contributed by atoms with van der Waals surface area (Å²) >= 11 is 0. The second kappa shape index (κ2) is 5.72. The minimum Gasteiger partial charge on any atom is -0.356 e. The molecule has 0 aliphatic carbocycles. The van der Waals surface area contributed by atoms with Crippen LogP contribution >= 0.6 is 0 Å². The lowest BCUT2D eigenvalue weighted by molar-refractivity contribution is -0.130. The standard InChI is InChI=1S/C11H20N4O/c16-10(15-7-2-1-3-8-15)9-14-11-12-5-4-6-13-11/h1-9H2,(H2,12,13,14). The van der Waals surface area contributed by atoms with E-state index < -0.39 is 0 Å². The highest BCUT2D eigenvalue weighted by molar-refractivity contribution is 5.86. The van der Waals surface area contributed by atoms with E-state index in [1.54, 1.807) is 0 Å². The Morgan fingerprint density at radius 3 is 2.81 bits per heavy atom. The molecule has 2 aliphatic heterocycles. The molecule has 1 saturated heterocycles. The molecule has 2 heterocycles. The number of likely N-dealkylation sites (tertiary alicyclic amines) is 1. The molecule has 5 heteroatoms. The molecular formula is C11H20N4O. The first-order valence-corrected chi connectivity index (χ1v) is 6.16. The van der Waals surface area contributed by atoms with Gasteiger partial charge in [0.2, 0.25) is 5.91 Å². The minimum absolute atomic E-state index is 0.190. The van der Waals surface area contributed by atoms with Crippen LogP contribution in [0.25, 0.3) is 0 Å². The summed E-state index contributed by atoms with van der Waals surface area (Å²) < 4.78 is 0. The predicted octanol–water partition coefficient (Wildman–Crippen LogP) is -0.0622. The van der Waals surface area contributed by atoms with Crippen molar-refractivity contribution in [1.82, 2.24) is 15.5 Å². The quantitative estimate of drug-likeness (QED) is 0.691. The van der Waals surface area contributed by atoms with Crippen LogP contribution < -0.4 is 10.6 Å². The summed E-state index contributed by atoms with van der Waals surface area (Å²) in [4.78, 5) is 18.0. The van der Waals surface area contributed by atoms with E-state index >= 15 is 0 Å². The number of aliphatic imine (C=N–C) groups is 1. The lowest BCUT2D eigenvalue weighted by atomic mass is 10.1. The number of carbonyl (C=O) groups excluding carboxylic acids is 1. The van der Waals surface area contributed by atoms with Gasteiger partial charge >= 0.3 is 0 Å². The molecule has 0 spiro atoms. The second-order valence-corrected chi connectivity index (χ2v) is 4.31. The Morgan fingerprint density at radius 1 is 1.31 bits per heavy atom. The smallest absolute Gasteiger partial charge is 0.241 e. The molecule has 5 nitrogen and oxygen atoms in total. The van der Waals surface area contributed by atoms with E-state index in [0.717, 1.165) is 51.4 Å². The van der Waals surface area contributed by atoms with E-state index in [9.17, 15) is 4.79 Å². The van der Waals surface area contributed by atoms with Crippen LogP contribution in [0.5, 0.6) is 0 Å². The van der Waals surface area contributed by atoms with Crippen molar-refractivity contribution in [3.63, 3.8) is 0 Å². The van der Waals surface area contributed by atoms with E-state index in [1.807, 2.05) is 4.90 Å². The third-order valence-electron chi connectivity index (χ3n) is 3.01. The SMILES string of the molecule is O=C(CNC1=NCCCN1)N1CCCCC1. The van der Waals surface area contributed by atoms with Gasteiger partial charge in [-0.1, -0.05) is 0 Å². The Kier molecular flexibility index (Phi) is 4.02. The Bertz CT molecular complexity index is 271. The van der Waals surface area contributed by atoms with Crippen molar-refractivity contribution >= 4 is 11.9 Å². The van der Waals surface area contributed by atoms with Gasteiger partial charge in [0, 0.05) is 26.2 Å². The molecule has 0 radical (unpaired) electrons. The second-order valence-electron chi connectivity index (χ2n) is 4.31. The van der Waals surface area contributed by atoms with Gasteiger partial charge in [-0.25, -0.2) is 0 Å². The summed E-state index contributed by atoms with van der Waals surface area (Å²) in [5.41, 5.74) is 0. The molecule has 0 bridgehead atoms. The van der Waals surface area contributed by atoms with Crippen LogP contribution in [0, 0.1) is 0 Å². The Morgan fingerprint density at radius 2 is 2.12 bits per heavy atom. The zero-order valence-electron chi connectivity index (χ0n) is 9.67. The van der Waals surface area contributed by atoms with Crippen molar-refractivity contribution < 1.29 is 4.79 Å². The summed E-state index contributed by atoms with van der Waals surface area (Å²) in [7, 11) is 0. The first kappa shape index (κ1) is 11.2. The van der Waals surface area contributed by atoms with Crippen LogP contribution in [-0.2, 0) is 4.79 Å². The molecular weight excluding hydrogens is 204 g/mol. The average Bonchev–Trinajstić information content (AvgIpc) is 2.38. The largest absolute Gasteiger partial charge is 0.356 e. The van der Waals surface area contributed by atoms with Crippen LogP contribution in [0.4, 0.5) is 0 Å². The van der Waals surface area contributed by atoms with Crippen molar-refractivity contribution in [3.8, 4) is 0 Å². The fourth-order valence-electron chi connectivity index (χ4n) is 2.07. The monoisotopic (exact) mass is 224 g/mol. The number of carbonyl (C=O) groups is 1. The van der Waals surface area contributed by atoms with Gasteiger partial charge in [-0.3, -0.25) is 9.79 Å². The number of amides is 1. The lowest BCUT2D eigenvalue weighted by Gasteiger charge is -2.27. The number of hydrogen-bond donors (Lipinski definition) is 2. The fourth-order valence-corrected chi connectivity index (χ4v) is 2.07. The Labute approximate surface area is 96.3 Å². The van der Waals surface area contributed by atoms with Crippen LogP contribution in [0.1, 0.15) is 25.7 Å². The molecule has 0 atom stereocenters. The normalized spacial score (nSPS) is 21.0. The lowest BCUT2D eigenvalue weighted by Crippen LogP contribution is -2.47. The van der Waals surface area contributed by atoms with Crippen molar-refractivity contribution in [3.05, 3.63) is 0 Å². The van der Waals surface area contributed by atoms with E-state index in [-0.39, 0.29) is 5.91 Å². The van der Waals surface area contributed by atoms with Gasteiger partial charge in [-0.2, -0.15) is 0 Å². The van der Waals surface area contributed by atoms with E-state index in [0.29, 0.717) is 6.54 Å². The number of nitrogens with zero attached hydrogens (tertiary/aromatic N) is 2. The van der Waals surface area contributed by atoms with Crippen molar-refractivity contribution in [2.75, 3.05) is 32.7 Å². The van der Waals surface area contributed by atoms with Crippen molar-refractivity contribution in [2.24, 2.45) is 4.99 Å². The number of rotatable bonds is 2. The molecule has 0 aromatic rings. The first-order valence-electron chi connectivity index (χ1n) is 6.16. The topological polar surface area (TPSA) is 56.7 Å². The van der Waals surface area contributed by atoms with Crippen LogP contribution in [0.2, 0.25) is 0 Å². The van der Waals surface area contributed by atoms with Gasteiger partial charge in [0.1, 0.15) is 0 Å². The van der Waals surface area contributed by atoms with Gasteiger partial charge in [0.15, 0.2) is 5.96 Å². The van der Waals surface area contributed by atoms with Crippen molar-refractivity contribution in [2.45, 2.75) is 25.7 Å². The van der Waals surface area contributed by atoms with Gasteiger partial charge in [-0.05, 0) is 25.7 Å². The summed E-state index contributed by atoms with van der Waals surface area (Å²) in [6.07, 6.45) is 4.62. The number of piperidine rings is 1. The highest BCUT2D eigenvalue weighted by Crippen LogP contribution is 2.08. The first-order chi connectivity index (χ1) is 7.86. The molecule has 2 rings (SSSR count). The molecule has 0 unspecified atom stereocenters. The molecule has 2 N–H and O–H groups in total. The van der Waals surface area contributed by atoms with E-state index in [4.69, 9.17) is 0 Å². The average molecular weight is 224 g/mol. The molecule has 0 saturated carbocycles. The third-order valence-corrected chi connectivity index (χ3v) is 3.01. The maximum Gasteiger partial charge on any atom is 0.241 e. The zero-order chi connectivity index (χ0) is 11.2. The predicted molar refractivity (Wildman–Crippen MR) is 63.4 cm³/mol. The molecule has 1 fully saturated rings. The Hall–Kier alpha value is -1.26. The van der Waals surface area contributed by atoms with Gasteiger partial charge < -0.3 is 15.5 Å². The fraction of sp³-hybridized carbons (Fsp3) is 0.818. The molecule has 90 valence electrons. The van der Waals surface area contributed by atoms with E-state index in [1.165, 1.54) is 6.42 Å². The molecule has 1 amide bonds. The van der Waals surface area contributed by atoms with Gasteiger partial charge in [0.05, 0.1) is 6.54 Å². The summed E-state index contributed by atoms with van der Waals surface area (Å²) in [6, 6.07) is 0. The molecule has 16 heavy (non-hydrogen) atoms. The highest BCUT2D eigenvalue weighted by atomic mass is 16.2. The number of guanidine groups is 1. The molecule has 2 aliphatic rings. The molecule has 0 aromatic carbocycles. The van der Waals surface area contributed by atoms with Crippen LogP contribution in [0.3, 0.4) is 0 Å². The van der Waals surface area contributed by atoms with Crippen molar-refractivity contribution in [1.29, 1.82) is 0 Å². The van der Waals surface area contributed by atoms with Gasteiger partial charge in [-0.15, -0.1) is 0 Å². The number of nitrogens with one attached hydrogen (secondary N) is 2. The Balaban J connectivity index is 1.72. The summed E-state index contributed by atoms with van der Waals surface area (Å²) in [5.74, 6) is 0.964. The van der Waals surface area contributed by atoms with Crippen LogP contribution in [-0.4, -0.2) is 49.5 Å². The summed E-state index contributed by atoms with van der Waals surface area (Å²) in [5, 5.41) is 6.21. The summed E-state index contributed by atoms with van der Waals surface area (Å²) in [6.45, 7) is 4.00.